The van der Waals surface area contributed by atoms with E-state index in [1.807, 2.05) is 6.07 Å². The number of methoxy groups -OCH3 is 1. The molecule has 0 aliphatic heterocycles. The Hall–Kier alpha value is -0.830. The van der Waals surface area contributed by atoms with Gasteiger partial charge in [-0.3, -0.25) is 0 Å². The van der Waals surface area contributed by atoms with Crippen molar-refractivity contribution in [3.8, 4) is 6.07 Å². The highest BCUT2D eigenvalue weighted by atomic mass is 35.5. The van der Waals surface area contributed by atoms with Crippen LogP contribution in [0.4, 0.5) is 5.13 Å². The maximum Gasteiger partial charge on any atom is 0.185 e. The molecule has 1 aromatic rings. The smallest absolute Gasteiger partial charge is 0.185 e. The molecule has 4 nitrogen and oxygen atoms in total. The van der Waals surface area contributed by atoms with Gasteiger partial charge < -0.3 is 10.1 Å². The van der Waals surface area contributed by atoms with E-state index in [1.165, 1.54) is 11.3 Å². The summed E-state index contributed by atoms with van der Waals surface area (Å²) in [5.41, 5.74) is 0. The first-order valence-electron chi connectivity index (χ1n) is 5.03. The summed E-state index contributed by atoms with van der Waals surface area (Å²) in [6, 6.07) is 2.22. The van der Waals surface area contributed by atoms with E-state index in [1.54, 1.807) is 7.11 Å². The minimum atomic E-state index is 0.212. The van der Waals surface area contributed by atoms with Crippen LogP contribution in [0.3, 0.4) is 0 Å². The van der Waals surface area contributed by atoms with Crippen LogP contribution in [0.1, 0.15) is 24.6 Å². The number of halogens is 1. The van der Waals surface area contributed by atoms with E-state index in [-0.39, 0.29) is 11.2 Å². The molecular formula is C10H14ClN3OS. The zero-order chi connectivity index (χ0) is 12.0. The number of thiazole rings is 1. The second kappa shape index (κ2) is 6.69. The molecular weight excluding hydrogens is 246 g/mol. The van der Waals surface area contributed by atoms with Gasteiger partial charge >= 0.3 is 0 Å². The minimum Gasteiger partial charge on any atom is -0.383 e. The predicted molar refractivity (Wildman–Crippen MR) is 66.0 cm³/mol. The lowest BCUT2D eigenvalue weighted by Gasteiger charge is -2.15. The summed E-state index contributed by atoms with van der Waals surface area (Å²) in [5.74, 6) is 0. The zero-order valence-electron chi connectivity index (χ0n) is 9.29. The number of nitriles is 1. The average Bonchev–Trinajstić information content (AvgIpc) is 2.59. The number of anilines is 1. The van der Waals surface area contributed by atoms with E-state index < -0.39 is 0 Å². The molecule has 0 aliphatic rings. The Balaban J connectivity index is 2.66. The summed E-state index contributed by atoms with van der Waals surface area (Å²) in [4.78, 5) is 4.52. The molecule has 1 N–H and O–H groups in total. The Morgan fingerprint density at radius 3 is 2.94 bits per heavy atom. The first-order chi connectivity index (χ1) is 7.71. The Morgan fingerprint density at radius 1 is 1.69 bits per heavy atom. The number of aromatic nitrogens is 1. The molecule has 1 heterocycles. The highest BCUT2D eigenvalue weighted by Crippen LogP contribution is 2.26. The third-order valence-electron chi connectivity index (χ3n) is 2.02. The second-order valence-corrected chi connectivity index (χ2v) is 4.69. The zero-order valence-corrected chi connectivity index (χ0v) is 10.9. The summed E-state index contributed by atoms with van der Waals surface area (Å²) in [5, 5.41) is 12.9. The molecule has 1 unspecified atom stereocenters. The summed E-state index contributed by atoms with van der Waals surface area (Å²) in [7, 11) is 1.67. The highest BCUT2D eigenvalue weighted by molar-refractivity contribution is 7.16. The monoisotopic (exact) mass is 259 g/mol. The molecule has 0 bridgehead atoms. The quantitative estimate of drug-likeness (QED) is 0.853. The van der Waals surface area contributed by atoms with Crippen molar-refractivity contribution in [1.82, 2.24) is 4.98 Å². The first kappa shape index (κ1) is 13.2. The van der Waals surface area contributed by atoms with Gasteiger partial charge in [0.15, 0.2) is 10.3 Å². The highest BCUT2D eigenvalue weighted by Gasteiger charge is 2.12. The predicted octanol–water partition coefficient (Wildman–Crippen LogP) is 2.90. The summed E-state index contributed by atoms with van der Waals surface area (Å²) < 4.78 is 5.11. The van der Waals surface area contributed by atoms with Crippen LogP contribution in [0.5, 0.6) is 0 Å². The van der Waals surface area contributed by atoms with Crippen LogP contribution in [0, 0.1) is 11.3 Å². The van der Waals surface area contributed by atoms with Crippen molar-refractivity contribution in [3.63, 3.8) is 0 Å². The third kappa shape index (κ3) is 3.63. The molecule has 0 saturated carbocycles. The Bertz CT molecular complexity index is 369. The molecule has 0 fully saturated rings. The molecule has 88 valence electrons. The van der Waals surface area contributed by atoms with Crippen LogP contribution in [0.2, 0.25) is 5.15 Å². The molecule has 0 saturated heterocycles. The van der Waals surface area contributed by atoms with Crippen molar-refractivity contribution < 1.29 is 4.74 Å². The topological polar surface area (TPSA) is 57.9 Å². The van der Waals surface area contributed by atoms with Gasteiger partial charge in [0.05, 0.1) is 12.6 Å². The van der Waals surface area contributed by atoms with Crippen LogP contribution >= 0.6 is 22.9 Å². The largest absolute Gasteiger partial charge is 0.383 e. The lowest BCUT2D eigenvalue weighted by atomic mass is 10.2. The maximum absolute atomic E-state index is 8.76. The van der Waals surface area contributed by atoms with E-state index in [2.05, 4.69) is 17.2 Å². The number of ether oxygens (including phenoxy) is 1. The van der Waals surface area contributed by atoms with Gasteiger partial charge in [0.25, 0.3) is 0 Å². The molecule has 0 radical (unpaired) electrons. The van der Waals surface area contributed by atoms with Gasteiger partial charge in [-0.15, -0.1) is 0 Å². The lowest BCUT2D eigenvalue weighted by molar-refractivity contribution is 0.182. The molecule has 0 aliphatic carbocycles. The van der Waals surface area contributed by atoms with Crippen LogP contribution < -0.4 is 5.32 Å². The van der Waals surface area contributed by atoms with Crippen molar-refractivity contribution in [3.05, 3.63) is 10.0 Å². The number of rotatable bonds is 6. The van der Waals surface area contributed by atoms with Crippen LogP contribution in [-0.4, -0.2) is 24.7 Å². The van der Waals surface area contributed by atoms with E-state index in [0.717, 1.165) is 12.8 Å². The molecule has 0 aromatic carbocycles. The van der Waals surface area contributed by atoms with Crippen molar-refractivity contribution in [2.75, 3.05) is 19.0 Å². The van der Waals surface area contributed by atoms with E-state index in [0.29, 0.717) is 16.6 Å². The van der Waals surface area contributed by atoms with Crippen molar-refractivity contribution in [2.24, 2.45) is 0 Å². The number of nitrogens with one attached hydrogen (secondary N) is 1. The number of hydrogen-bond acceptors (Lipinski definition) is 5. The minimum absolute atomic E-state index is 0.212. The van der Waals surface area contributed by atoms with Gasteiger partial charge in [-0.05, 0) is 6.42 Å². The summed E-state index contributed by atoms with van der Waals surface area (Å²) in [6.07, 6.45) is 2.05. The van der Waals surface area contributed by atoms with Gasteiger partial charge in [0.2, 0.25) is 0 Å². The van der Waals surface area contributed by atoms with Gasteiger partial charge in [-0.1, -0.05) is 36.3 Å². The van der Waals surface area contributed by atoms with E-state index in [4.69, 9.17) is 21.6 Å². The number of hydrogen-bond donors (Lipinski definition) is 1. The fourth-order valence-electron chi connectivity index (χ4n) is 1.35. The Morgan fingerprint density at radius 2 is 2.44 bits per heavy atom. The standard InChI is InChI=1S/C10H14ClN3OS/c1-3-4-7(6-15-2)13-10-14-9(11)8(5-12)16-10/h7H,3-4,6H2,1-2H3,(H,13,14). The first-order valence-corrected chi connectivity index (χ1v) is 6.22. The Labute approximate surface area is 104 Å². The molecule has 16 heavy (non-hydrogen) atoms. The Kier molecular flexibility index (Phi) is 5.53. The van der Waals surface area contributed by atoms with Gasteiger partial charge in [-0.2, -0.15) is 5.26 Å². The lowest BCUT2D eigenvalue weighted by Crippen LogP contribution is -2.24. The van der Waals surface area contributed by atoms with E-state index >= 15 is 0 Å². The molecule has 1 atom stereocenters. The van der Waals surface area contributed by atoms with E-state index in [9.17, 15) is 0 Å². The third-order valence-corrected chi connectivity index (χ3v) is 3.30. The van der Waals surface area contributed by atoms with Crippen molar-refractivity contribution in [2.45, 2.75) is 25.8 Å². The van der Waals surface area contributed by atoms with Gasteiger partial charge in [-0.25, -0.2) is 4.98 Å². The van der Waals surface area contributed by atoms with Crippen LogP contribution in [-0.2, 0) is 4.74 Å². The fourth-order valence-corrected chi connectivity index (χ4v) is 2.38. The van der Waals surface area contributed by atoms with Crippen molar-refractivity contribution in [1.29, 1.82) is 5.26 Å². The normalized spacial score (nSPS) is 12.1. The molecule has 1 rings (SSSR count). The van der Waals surface area contributed by atoms with Crippen LogP contribution in [0.25, 0.3) is 0 Å². The molecule has 1 aromatic heterocycles. The summed E-state index contributed by atoms with van der Waals surface area (Å²) >= 11 is 7.06. The molecule has 0 amide bonds. The fraction of sp³-hybridized carbons (Fsp3) is 0.600. The SMILES string of the molecule is CCCC(COC)Nc1nc(Cl)c(C#N)s1. The average molecular weight is 260 g/mol. The van der Waals surface area contributed by atoms with Gasteiger partial charge in [0.1, 0.15) is 10.9 Å². The molecule has 0 spiro atoms. The van der Waals surface area contributed by atoms with Crippen LogP contribution in [0.15, 0.2) is 0 Å². The second-order valence-electron chi connectivity index (χ2n) is 3.34. The number of nitrogens with zero attached hydrogens (tertiary/aromatic N) is 2. The van der Waals surface area contributed by atoms with Crippen molar-refractivity contribution >= 4 is 28.1 Å². The molecule has 6 heteroatoms. The maximum atomic E-state index is 8.76. The van der Waals surface area contributed by atoms with Gasteiger partial charge in [0, 0.05) is 7.11 Å². The summed E-state index contributed by atoms with van der Waals surface area (Å²) in [6.45, 7) is 2.73.